The smallest absolute Gasteiger partial charge is 0.373 e. The first kappa shape index (κ1) is 9.32. The van der Waals surface area contributed by atoms with E-state index in [1.807, 2.05) is 0 Å². The molecule has 2 rings (SSSR count). The Labute approximate surface area is 85.2 Å². The minimum Gasteiger partial charge on any atom is -0.475 e. The standard InChI is InChI=1S/C9H8N4O2/c1-13-5-7(4-12-13)6-2-10-8(9(14)15)11-3-6/h2-5H,1H3,(H,14,15). The van der Waals surface area contributed by atoms with Gasteiger partial charge in [-0.2, -0.15) is 5.10 Å². The number of nitrogens with zero attached hydrogens (tertiary/aromatic N) is 4. The molecule has 0 saturated carbocycles. The number of carboxylic acids is 1. The number of aromatic carboxylic acids is 1. The molecular weight excluding hydrogens is 196 g/mol. The van der Waals surface area contributed by atoms with Gasteiger partial charge >= 0.3 is 5.97 Å². The van der Waals surface area contributed by atoms with Crippen LogP contribution in [0.5, 0.6) is 0 Å². The molecule has 0 fully saturated rings. The molecule has 15 heavy (non-hydrogen) atoms. The van der Waals surface area contributed by atoms with Crippen molar-refractivity contribution in [1.29, 1.82) is 0 Å². The maximum absolute atomic E-state index is 10.5. The van der Waals surface area contributed by atoms with Gasteiger partial charge in [-0.25, -0.2) is 14.8 Å². The molecule has 0 aromatic carbocycles. The lowest BCUT2D eigenvalue weighted by atomic mass is 10.2. The van der Waals surface area contributed by atoms with Crippen molar-refractivity contribution < 1.29 is 9.90 Å². The normalized spacial score (nSPS) is 10.2. The van der Waals surface area contributed by atoms with Crippen molar-refractivity contribution in [3.05, 3.63) is 30.6 Å². The number of carboxylic acid groups (broad SMARTS) is 1. The van der Waals surface area contributed by atoms with E-state index in [4.69, 9.17) is 5.11 Å². The van der Waals surface area contributed by atoms with Crippen molar-refractivity contribution in [3.63, 3.8) is 0 Å². The third kappa shape index (κ3) is 1.83. The predicted molar refractivity (Wildman–Crippen MR) is 51.2 cm³/mol. The van der Waals surface area contributed by atoms with Crippen LogP contribution < -0.4 is 0 Å². The maximum Gasteiger partial charge on any atom is 0.373 e. The van der Waals surface area contributed by atoms with Crippen molar-refractivity contribution in [2.45, 2.75) is 0 Å². The zero-order valence-corrected chi connectivity index (χ0v) is 7.95. The molecule has 1 N–H and O–H groups in total. The number of aromatic nitrogens is 4. The van der Waals surface area contributed by atoms with E-state index in [-0.39, 0.29) is 5.82 Å². The third-order valence-corrected chi connectivity index (χ3v) is 1.88. The minimum absolute atomic E-state index is 0.206. The Hall–Kier alpha value is -2.24. The average Bonchev–Trinajstić information content (AvgIpc) is 2.65. The number of aryl methyl sites for hydroxylation is 1. The van der Waals surface area contributed by atoms with Crippen molar-refractivity contribution in [3.8, 4) is 11.1 Å². The van der Waals surface area contributed by atoms with Gasteiger partial charge in [-0.1, -0.05) is 0 Å². The maximum atomic E-state index is 10.5. The molecule has 0 atom stereocenters. The van der Waals surface area contributed by atoms with Gasteiger partial charge < -0.3 is 5.11 Å². The molecule has 2 heterocycles. The second-order valence-corrected chi connectivity index (χ2v) is 3.00. The summed E-state index contributed by atoms with van der Waals surface area (Å²) in [7, 11) is 1.80. The molecule has 6 heteroatoms. The monoisotopic (exact) mass is 204 g/mol. The van der Waals surface area contributed by atoms with Crippen molar-refractivity contribution in [2.75, 3.05) is 0 Å². The second-order valence-electron chi connectivity index (χ2n) is 3.00. The molecule has 0 bridgehead atoms. The van der Waals surface area contributed by atoms with E-state index in [0.717, 1.165) is 11.1 Å². The van der Waals surface area contributed by atoms with Crippen LogP contribution in [0.25, 0.3) is 11.1 Å². The highest BCUT2D eigenvalue weighted by Crippen LogP contribution is 2.15. The van der Waals surface area contributed by atoms with Crippen LogP contribution in [0, 0.1) is 0 Å². The Bertz CT molecular complexity index is 489. The van der Waals surface area contributed by atoms with Crippen LogP contribution in [-0.4, -0.2) is 30.8 Å². The minimum atomic E-state index is -1.13. The fraction of sp³-hybridized carbons (Fsp3) is 0.111. The molecule has 2 aromatic heterocycles. The van der Waals surface area contributed by atoms with Gasteiger partial charge in [-0.3, -0.25) is 4.68 Å². The number of hydrogen-bond acceptors (Lipinski definition) is 4. The molecule has 0 saturated heterocycles. The van der Waals surface area contributed by atoms with Crippen molar-refractivity contribution in [1.82, 2.24) is 19.7 Å². The summed E-state index contributed by atoms with van der Waals surface area (Å²) in [5.41, 5.74) is 1.60. The highest BCUT2D eigenvalue weighted by Gasteiger charge is 2.07. The Morgan fingerprint density at radius 2 is 1.93 bits per heavy atom. The van der Waals surface area contributed by atoms with Crippen LogP contribution >= 0.6 is 0 Å². The number of carbonyl (C=O) groups is 1. The van der Waals surface area contributed by atoms with Crippen LogP contribution in [0.3, 0.4) is 0 Å². The lowest BCUT2D eigenvalue weighted by Crippen LogP contribution is -2.02. The van der Waals surface area contributed by atoms with E-state index in [9.17, 15) is 4.79 Å². The van der Waals surface area contributed by atoms with Gasteiger partial charge in [0.05, 0.1) is 6.20 Å². The Kier molecular flexibility index (Phi) is 2.17. The first-order valence-electron chi connectivity index (χ1n) is 4.21. The van der Waals surface area contributed by atoms with E-state index in [1.54, 1.807) is 24.1 Å². The summed E-state index contributed by atoms with van der Waals surface area (Å²) >= 11 is 0. The first-order valence-corrected chi connectivity index (χ1v) is 4.21. The molecule has 76 valence electrons. The fourth-order valence-electron chi connectivity index (χ4n) is 1.16. The van der Waals surface area contributed by atoms with Crippen LogP contribution in [0.15, 0.2) is 24.8 Å². The number of hydrogen-bond donors (Lipinski definition) is 1. The molecule has 0 amide bonds. The van der Waals surface area contributed by atoms with Crippen LogP contribution in [0.4, 0.5) is 0 Å². The van der Waals surface area contributed by atoms with Gasteiger partial charge in [0.25, 0.3) is 0 Å². The van der Waals surface area contributed by atoms with Gasteiger partial charge in [0, 0.05) is 36.8 Å². The molecule has 0 unspecified atom stereocenters. The zero-order valence-electron chi connectivity index (χ0n) is 7.95. The largest absolute Gasteiger partial charge is 0.475 e. The fourth-order valence-corrected chi connectivity index (χ4v) is 1.16. The average molecular weight is 204 g/mol. The van der Waals surface area contributed by atoms with Crippen LogP contribution in [0.1, 0.15) is 10.6 Å². The van der Waals surface area contributed by atoms with E-state index in [0.29, 0.717) is 0 Å². The Morgan fingerprint density at radius 3 is 2.40 bits per heavy atom. The quantitative estimate of drug-likeness (QED) is 0.773. The van der Waals surface area contributed by atoms with Gasteiger partial charge in [0.15, 0.2) is 0 Å². The molecule has 0 aliphatic rings. The molecule has 0 spiro atoms. The lowest BCUT2D eigenvalue weighted by molar-refractivity contribution is 0.0683. The first-order chi connectivity index (χ1) is 7.16. The molecule has 6 nitrogen and oxygen atoms in total. The third-order valence-electron chi connectivity index (χ3n) is 1.88. The molecule has 0 aliphatic heterocycles. The lowest BCUT2D eigenvalue weighted by Gasteiger charge is -1.96. The van der Waals surface area contributed by atoms with Gasteiger partial charge in [-0.05, 0) is 0 Å². The summed E-state index contributed by atoms with van der Waals surface area (Å²) in [6.45, 7) is 0. The summed E-state index contributed by atoms with van der Waals surface area (Å²) in [6, 6.07) is 0. The summed E-state index contributed by atoms with van der Waals surface area (Å²) in [4.78, 5) is 17.9. The summed E-state index contributed by atoms with van der Waals surface area (Å²) in [5, 5.41) is 12.6. The Morgan fingerprint density at radius 1 is 1.27 bits per heavy atom. The highest BCUT2D eigenvalue weighted by atomic mass is 16.4. The molecule has 0 radical (unpaired) electrons. The van der Waals surface area contributed by atoms with E-state index in [2.05, 4.69) is 15.1 Å². The molecule has 2 aromatic rings. The van der Waals surface area contributed by atoms with E-state index < -0.39 is 5.97 Å². The predicted octanol–water partition coefficient (Wildman–Crippen LogP) is 0.575. The van der Waals surface area contributed by atoms with Gasteiger partial charge in [0.2, 0.25) is 5.82 Å². The summed E-state index contributed by atoms with van der Waals surface area (Å²) in [6.07, 6.45) is 6.40. The topological polar surface area (TPSA) is 80.9 Å². The number of rotatable bonds is 2. The Balaban J connectivity index is 2.35. The van der Waals surface area contributed by atoms with E-state index in [1.165, 1.54) is 12.4 Å². The van der Waals surface area contributed by atoms with Crippen LogP contribution in [-0.2, 0) is 7.05 Å². The van der Waals surface area contributed by atoms with Gasteiger partial charge in [0.1, 0.15) is 0 Å². The summed E-state index contributed by atoms with van der Waals surface area (Å²) < 4.78 is 1.65. The van der Waals surface area contributed by atoms with E-state index >= 15 is 0 Å². The van der Waals surface area contributed by atoms with Crippen LogP contribution in [0.2, 0.25) is 0 Å². The molecular formula is C9H8N4O2. The van der Waals surface area contributed by atoms with Crippen molar-refractivity contribution in [2.24, 2.45) is 7.05 Å². The molecule has 0 aliphatic carbocycles. The summed E-state index contributed by atoms with van der Waals surface area (Å²) in [5.74, 6) is -1.34. The van der Waals surface area contributed by atoms with Gasteiger partial charge in [-0.15, -0.1) is 0 Å². The highest BCUT2D eigenvalue weighted by molar-refractivity contribution is 5.83. The van der Waals surface area contributed by atoms with Crippen molar-refractivity contribution >= 4 is 5.97 Å². The second kappa shape index (κ2) is 3.49. The SMILES string of the molecule is Cn1cc(-c2cnc(C(=O)O)nc2)cn1. The zero-order chi connectivity index (χ0) is 10.8.